The molecule has 3 aromatic rings. The number of nitrogens with zero attached hydrogens (tertiary/aromatic N) is 3. The fraction of sp³-hybridized carbons (Fsp3) is 0.333. The molecule has 0 aliphatic carbocycles. The Morgan fingerprint density at radius 1 is 0.966 bits per heavy atom. The SMILES string of the molecule is COc1ccc(OCC(=O)N(CCN(C)C)c2nc3ccc(OC)cc3s2)cc1. The summed E-state index contributed by atoms with van der Waals surface area (Å²) < 4.78 is 17.1. The summed E-state index contributed by atoms with van der Waals surface area (Å²) in [6.07, 6.45) is 0. The van der Waals surface area contributed by atoms with E-state index in [1.54, 1.807) is 43.4 Å². The van der Waals surface area contributed by atoms with Gasteiger partial charge in [-0.25, -0.2) is 4.98 Å². The maximum Gasteiger partial charge on any atom is 0.266 e. The fourth-order valence-corrected chi connectivity index (χ4v) is 3.69. The van der Waals surface area contributed by atoms with Crippen LogP contribution in [-0.4, -0.2) is 63.8 Å². The van der Waals surface area contributed by atoms with Gasteiger partial charge in [-0.1, -0.05) is 11.3 Å². The van der Waals surface area contributed by atoms with Crippen LogP contribution in [0.1, 0.15) is 0 Å². The third kappa shape index (κ3) is 5.36. The lowest BCUT2D eigenvalue weighted by atomic mass is 10.3. The van der Waals surface area contributed by atoms with Gasteiger partial charge in [-0.15, -0.1) is 0 Å². The number of fused-ring (bicyclic) bond motifs is 1. The summed E-state index contributed by atoms with van der Waals surface area (Å²) in [7, 11) is 7.18. The Morgan fingerprint density at radius 2 is 1.62 bits per heavy atom. The van der Waals surface area contributed by atoms with Gasteiger partial charge in [0.25, 0.3) is 5.91 Å². The first-order valence-corrected chi connectivity index (χ1v) is 9.98. The predicted octanol–water partition coefficient (Wildman–Crippen LogP) is 3.29. The van der Waals surface area contributed by atoms with Gasteiger partial charge < -0.3 is 19.1 Å². The number of hydrogen-bond donors (Lipinski definition) is 0. The molecule has 0 aliphatic rings. The number of carbonyl (C=O) groups is 1. The number of benzene rings is 2. The van der Waals surface area contributed by atoms with E-state index in [2.05, 4.69) is 4.98 Å². The zero-order valence-corrected chi connectivity index (χ0v) is 17.9. The van der Waals surface area contributed by atoms with Gasteiger partial charge in [0.2, 0.25) is 0 Å². The third-order valence-corrected chi connectivity index (χ3v) is 5.35. The molecule has 8 heteroatoms. The van der Waals surface area contributed by atoms with E-state index in [0.29, 0.717) is 24.0 Å². The molecule has 3 rings (SSSR count). The summed E-state index contributed by atoms with van der Waals surface area (Å²) in [6, 6.07) is 12.8. The normalized spacial score (nSPS) is 10.9. The summed E-state index contributed by atoms with van der Waals surface area (Å²) >= 11 is 1.46. The summed E-state index contributed by atoms with van der Waals surface area (Å²) in [4.78, 5) is 21.3. The number of rotatable bonds is 9. The zero-order valence-electron chi connectivity index (χ0n) is 17.0. The minimum absolute atomic E-state index is 0.0704. The Labute approximate surface area is 174 Å². The molecule has 0 radical (unpaired) electrons. The van der Waals surface area contributed by atoms with Crippen molar-refractivity contribution in [1.82, 2.24) is 9.88 Å². The molecule has 0 atom stereocenters. The van der Waals surface area contributed by atoms with E-state index in [4.69, 9.17) is 14.2 Å². The van der Waals surface area contributed by atoms with Crippen LogP contribution in [0.15, 0.2) is 42.5 Å². The quantitative estimate of drug-likeness (QED) is 0.534. The number of carbonyl (C=O) groups excluding carboxylic acids is 1. The lowest BCUT2D eigenvalue weighted by molar-refractivity contribution is -0.120. The first-order chi connectivity index (χ1) is 14.0. The molecule has 1 amide bonds. The van der Waals surface area contributed by atoms with Crippen LogP contribution >= 0.6 is 11.3 Å². The molecule has 0 fully saturated rings. The van der Waals surface area contributed by atoms with E-state index >= 15 is 0 Å². The van der Waals surface area contributed by atoms with E-state index in [1.165, 1.54) is 11.3 Å². The second kappa shape index (κ2) is 9.58. The summed E-state index contributed by atoms with van der Waals surface area (Å²) in [5, 5.41) is 0.651. The number of hydrogen-bond acceptors (Lipinski definition) is 7. The molecule has 1 heterocycles. The molecule has 154 valence electrons. The topological polar surface area (TPSA) is 64.1 Å². The standard InChI is InChI=1S/C21H25N3O4S/c1-23(2)11-12-24(20(25)14-28-16-7-5-15(26-3)6-8-16)21-22-18-10-9-17(27-4)13-19(18)29-21/h5-10,13H,11-12,14H2,1-4H3. The molecular formula is C21H25N3O4S. The molecule has 0 bridgehead atoms. The highest BCUT2D eigenvalue weighted by atomic mass is 32.1. The number of aromatic nitrogens is 1. The Bertz CT molecular complexity index is 956. The van der Waals surface area contributed by atoms with Crippen molar-refractivity contribution in [1.29, 1.82) is 0 Å². The zero-order chi connectivity index (χ0) is 20.8. The van der Waals surface area contributed by atoms with E-state index < -0.39 is 0 Å². The van der Waals surface area contributed by atoms with Gasteiger partial charge in [0, 0.05) is 13.1 Å². The van der Waals surface area contributed by atoms with Gasteiger partial charge in [0.1, 0.15) is 17.2 Å². The monoisotopic (exact) mass is 415 g/mol. The van der Waals surface area contributed by atoms with Crippen LogP contribution < -0.4 is 19.1 Å². The van der Waals surface area contributed by atoms with Crippen LogP contribution in [0.5, 0.6) is 17.2 Å². The van der Waals surface area contributed by atoms with E-state index in [-0.39, 0.29) is 12.5 Å². The van der Waals surface area contributed by atoms with Crippen molar-refractivity contribution in [2.24, 2.45) is 0 Å². The van der Waals surface area contributed by atoms with Gasteiger partial charge >= 0.3 is 0 Å². The van der Waals surface area contributed by atoms with Crippen molar-refractivity contribution in [2.45, 2.75) is 0 Å². The predicted molar refractivity (Wildman–Crippen MR) is 116 cm³/mol. The first kappa shape index (κ1) is 20.9. The fourth-order valence-electron chi connectivity index (χ4n) is 2.66. The smallest absolute Gasteiger partial charge is 0.266 e. The number of anilines is 1. The van der Waals surface area contributed by atoms with Crippen molar-refractivity contribution >= 4 is 32.6 Å². The number of likely N-dealkylation sites (N-methyl/N-ethyl adjacent to an activating group) is 1. The number of amides is 1. The Hall–Kier alpha value is -2.84. The maximum atomic E-state index is 13.0. The maximum absolute atomic E-state index is 13.0. The molecule has 0 saturated heterocycles. The molecule has 0 spiro atoms. The second-order valence-corrected chi connectivity index (χ2v) is 7.65. The third-order valence-electron chi connectivity index (χ3n) is 4.31. The van der Waals surface area contributed by atoms with E-state index in [0.717, 1.165) is 21.7 Å². The highest BCUT2D eigenvalue weighted by Gasteiger charge is 2.20. The number of methoxy groups -OCH3 is 2. The van der Waals surface area contributed by atoms with Gasteiger partial charge in [-0.05, 0) is 56.6 Å². The Morgan fingerprint density at radius 3 is 2.28 bits per heavy atom. The average Bonchev–Trinajstić information content (AvgIpc) is 3.15. The average molecular weight is 416 g/mol. The van der Waals surface area contributed by atoms with Crippen LogP contribution in [0.2, 0.25) is 0 Å². The molecule has 7 nitrogen and oxygen atoms in total. The van der Waals surface area contributed by atoms with Crippen molar-refractivity contribution in [3.8, 4) is 17.2 Å². The molecule has 0 saturated carbocycles. The van der Waals surface area contributed by atoms with E-state index in [1.807, 2.05) is 37.2 Å². The number of ether oxygens (including phenoxy) is 3. The molecule has 1 aromatic heterocycles. The molecule has 0 N–H and O–H groups in total. The van der Waals surface area contributed by atoms with Crippen LogP contribution in [-0.2, 0) is 4.79 Å². The number of thiazole rings is 1. The minimum Gasteiger partial charge on any atom is -0.497 e. The first-order valence-electron chi connectivity index (χ1n) is 9.16. The molecular weight excluding hydrogens is 390 g/mol. The van der Waals surface area contributed by atoms with E-state index in [9.17, 15) is 4.79 Å². The molecule has 0 unspecified atom stereocenters. The van der Waals surface area contributed by atoms with Crippen molar-refractivity contribution in [3.05, 3.63) is 42.5 Å². The molecule has 0 aliphatic heterocycles. The Balaban J connectivity index is 1.77. The lowest BCUT2D eigenvalue weighted by Crippen LogP contribution is -2.39. The van der Waals surface area contributed by atoms with Crippen molar-refractivity contribution in [3.63, 3.8) is 0 Å². The molecule has 2 aromatic carbocycles. The molecule has 29 heavy (non-hydrogen) atoms. The summed E-state index contributed by atoms with van der Waals surface area (Å²) in [6.45, 7) is 1.17. The summed E-state index contributed by atoms with van der Waals surface area (Å²) in [5.74, 6) is 1.97. The Kier molecular flexibility index (Phi) is 6.90. The van der Waals surface area contributed by atoms with Crippen LogP contribution in [0.25, 0.3) is 10.2 Å². The van der Waals surface area contributed by atoms with Crippen LogP contribution in [0, 0.1) is 0 Å². The lowest BCUT2D eigenvalue weighted by Gasteiger charge is -2.22. The van der Waals surface area contributed by atoms with Crippen LogP contribution in [0.3, 0.4) is 0 Å². The van der Waals surface area contributed by atoms with Gasteiger partial charge in [0.15, 0.2) is 11.7 Å². The van der Waals surface area contributed by atoms with Crippen LogP contribution in [0.4, 0.5) is 5.13 Å². The van der Waals surface area contributed by atoms with Crippen molar-refractivity contribution < 1.29 is 19.0 Å². The highest BCUT2D eigenvalue weighted by molar-refractivity contribution is 7.22. The van der Waals surface area contributed by atoms with Crippen molar-refractivity contribution in [2.75, 3.05) is 52.9 Å². The minimum atomic E-state index is -0.145. The largest absolute Gasteiger partial charge is 0.497 e. The van der Waals surface area contributed by atoms with Gasteiger partial charge in [0.05, 0.1) is 24.4 Å². The highest BCUT2D eigenvalue weighted by Crippen LogP contribution is 2.31. The second-order valence-electron chi connectivity index (χ2n) is 6.64. The summed E-state index contributed by atoms with van der Waals surface area (Å²) in [5.41, 5.74) is 0.838. The van der Waals surface area contributed by atoms with Gasteiger partial charge in [-0.3, -0.25) is 9.69 Å². The van der Waals surface area contributed by atoms with Gasteiger partial charge in [-0.2, -0.15) is 0 Å².